The van der Waals surface area contributed by atoms with Crippen molar-refractivity contribution in [2.75, 3.05) is 31.6 Å². The summed E-state index contributed by atoms with van der Waals surface area (Å²) in [6.45, 7) is 2.84. The maximum absolute atomic E-state index is 12.5. The van der Waals surface area contributed by atoms with Crippen molar-refractivity contribution in [2.45, 2.75) is 18.4 Å². The molecule has 0 amide bonds. The van der Waals surface area contributed by atoms with Gasteiger partial charge in [-0.25, -0.2) is 4.98 Å². The minimum Gasteiger partial charge on any atom is -0.353 e. The number of fused-ring (bicyclic) bond motifs is 1. The molecular formula is C17H18N6OS. The van der Waals surface area contributed by atoms with Gasteiger partial charge in [0.15, 0.2) is 5.01 Å². The van der Waals surface area contributed by atoms with Crippen LogP contribution in [0.15, 0.2) is 35.3 Å². The van der Waals surface area contributed by atoms with Crippen LogP contribution in [0.2, 0.25) is 0 Å². The average molecular weight is 354 g/mol. The molecular weight excluding hydrogens is 336 g/mol. The lowest BCUT2D eigenvalue weighted by Crippen LogP contribution is -2.53. The molecule has 1 spiro atoms. The third-order valence-corrected chi connectivity index (χ3v) is 6.20. The Labute approximate surface area is 148 Å². The van der Waals surface area contributed by atoms with Gasteiger partial charge in [0.05, 0.1) is 0 Å². The molecule has 3 aromatic heterocycles. The molecule has 0 unspecified atom stereocenters. The van der Waals surface area contributed by atoms with Crippen molar-refractivity contribution < 1.29 is 0 Å². The minimum absolute atomic E-state index is 0.137. The zero-order chi connectivity index (χ0) is 17.0. The lowest BCUT2D eigenvalue weighted by molar-refractivity contribution is 0.198. The number of rotatable bonds is 2. The maximum Gasteiger partial charge on any atom is 0.277 e. The smallest absolute Gasteiger partial charge is 0.277 e. The molecule has 5 rings (SSSR count). The zero-order valence-electron chi connectivity index (χ0n) is 13.9. The molecule has 4 heterocycles. The first-order valence-electron chi connectivity index (χ1n) is 8.43. The van der Waals surface area contributed by atoms with E-state index < -0.39 is 0 Å². The van der Waals surface area contributed by atoms with Crippen molar-refractivity contribution in [2.24, 2.45) is 0 Å². The van der Waals surface area contributed by atoms with Crippen LogP contribution < -0.4 is 10.5 Å². The summed E-state index contributed by atoms with van der Waals surface area (Å²) in [5, 5.41) is 5.10. The van der Waals surface area contributed by atoms with Gasteiger partial charge in [-0.15, -0.1) is 5.10 Å². The fourth-order valence-electron chi connectivity index (χ4n) is 3.50. The number of aromatic nitrogens is 4. The van der Waals surface area contributed by atoms with Crippen LogP contribution in [0.3, 0.4) is 0 Å². The van der Waals surface area contributed by atoms with Crippen LogP contribution in [0, 0.1) is 0 Å². The molecule has 25 heavy (non-hydrogen) atoms. The zero-order valence-corrected chi connectivity index (χ0v) is 14.7. The Morgan fingerprint density at radius 2 is 2.12 bits per heavy atom. The second-order valence-electron chi connectivity index (χ2n) is 6.84. The van der Waals surface area contributed by atoms with Gasteiger partial charge in [0.2, 0.25) is 4.96 Å². The van der Waals surface area contributed by atoms with Crippen molar-refractivity contribution in [1.82, 2.24) is 24.5 Å². The second kappa shape index (κ2) is 5.34. The summed E-state index contributed by atoms with van der Waals surface area (Å²) in [6.07, 6.45) is 4.18. The molecule has 0 radical (unpaired) electrons. The topological polar surface area (TPSA) is 66.6 Å². The highest BCUT2D eigenvalue weighted by Gasteiger charge is 2.49. The molecule has 0 bridgehead atoms. The quantitative estimate of drug-likeness (QED) is 0.695. The second-order valence-corrected chi connectivity index (χ2v) is 7.79. The lowest BCUT2D eigenvalue weighted by atomic mass is 10.1. The van der Waals surface area contributed by atoms with E-state index in [-0.39, 0.29) is 11.1 Å². The summed E-state index contributed by atoms with van der Waals surface area (Å²) in [5.41, 5.74) is 0.912. The lowest BCUT2D eigenvalue weighted by Gasteiger charge is -2.40. The first-order valence-corrected chi connectivity index (χ1v) is 9.25. The molecule has 1 saturated heterocycles. The van der Waals surface area contributed by atoms with E-state index in [1.807, 2.05) is 18.2 Å². The van der Waals surface area contributed by atoms with Gasteiger partial charge in [0, 0.05) is 37.4 Å². The van der Waals surface area contributed by atoms with Gasteiger partial charge in [0.1, 0.15) is 11.5 Å². The number of hydrogen-bond acceptors (Lipinski definition) is 7. The largest absolute Gasteiger partial charge is 0.353 e. The molecule has 3 aromatic rings. The Balaban J connectivity index is 1.54. The van der Waals surface area contributed by atoms with Crippen molar-refractivity contribution in [1.29, 1.82) is 0 Å². The summed E-state index contributed by atoms with van der Waals surface area (Å²) in [6, 6.07) is 7.27. The standard InChI is InChI=1S/C17H18N6OS/c1-21-8-9-22(11-17(21)5-6-17)13-10-14(24)23-16(19-13)25-15(20-23)12-4-2-3-7-18-12/h2-4,7,10H,5-6,8-9,11H2,1H3. The first kappa shape index (κ1) is 15.0. The van der Waals surface area contributed by atoms with Crippen molar-refractivity contribution >= 4 is 22.1 Å². The van der Waals surface area contributed by atoms with E-state index >= 15 is 0 Å². The van der Waals surface area contributed by atoms with Gasteiger partial charge in [0.25, 0.3) is 5.56 Å². The molecule has 0 aromatic carbocycles. The number of anilines is 1. The number of likely N-dealkylation sites (N-methyl/N-ethyl adjacent to an activating group) is 1. The third kappa shape index (κ3) is 2.44. The minimum atomic E-state index is -0.137. The molecule has 2 aliphatic rings. The molecule has 1 aliphatic heterocycles. The molecule has 7 nitrogen and oxygen atoms in total. The predicted octanol–water partition coefficient (Wildman–Crippen LogP) is 1.50. The van der Waals surface area contributed by atoms with Gasteiger partial charge < -0.3 is 4.90 Å². The molecule has 8 heteroatoms. The van der Waals surface area contributed by atoms with E-state index in [1.165, 1.54) is 28.7 Å². The normalized spacial score (nSPS) is 19.6. The van der Waals surface area contributed by atoms with Crippen molar-refractivity contribution in [3.05, 3.63) is 40.8 Å². The number of nitrogens with zero attached hydrogens (tertiary/aromatic N) is 6. The summed E-state index contributed by atoms with van der Waals surface area (Å²) in [4.78, 5) is 26.9. The Hall–Kier alpha value is -2.32. The third-order valence-electron chi connectivity index (χ3n) is 5.27. The highest BCUT2D eigenvalue weighted by molar-refractivity contribution is 7.19. The van der Waals surface area contributed by atoms with E-state index in [0.717, 1.165) is 31.1 Å². The van der Waals surface area contributed by atoms with Crippen LogP contribution in [0.5, 0.6) is 0 Å². The van der Waals surface area contributed by atoms with E-state index in [0.29, 0.717) is 9.97 Å². The van der Waals surface area contributed by atoms with Crippen molar-refractivity contribution in [3.8, 4) is 10.7 Å². The van der Waals surface area contributed by atoms with Crippen LogP contribution in [0.25, 0.3) is 15.7 Å². The molecule has 1 saturated carbocycles. The monoisotopic (exact) mass is 354 g/mol. The van der Waals surface area contributed by atoms with Crippen LogP contribution in [-0.2, 0) is 0 Å². The fourth-order valence-corrected chi connectivity index (χ4v) is 4.37. The van der Waals surface area contributed by atoms with Gasteiger partial charge in [-0.1, -0.05) is 17.4 Å². The molecule has 2 fully saturated rings. The van der Waals surface area contributed by atoms with Gasteiger partial charge in [-0.2, -0.15) is 4.52 Å². The van der Waals surface area contributed by atoms with E-state index in [4.69, 9.17) is 4.98 Å². The Morgan fingerprint density at radius 1 is 1.24 bits per heavy atom. The maximum atomic E-state index is 12.5. The van der Waals surface area contributed by atoms with Gasteiger partial charge in [-0.3, -0.25) is 14.7 Å². The summed E-state index contributed by atoms with van der Waals surface area (Å²) in [7, 11) is 2.19. The number of piperazine rings is 1. The number of pyridine rings is 1. The van der Waals surface area contributed by atoms with Crippen LogP contribution >= 0.6 is 11.3 Å². The number of hydrogen-bond donors (Lipinski definition) is 0. The predicted molar refractivity (Wildman–Crippen MR) is 97.2 cm³/mol. The first-order chi connectivity index (χ1) is 12.1. The van der Waals surface area contributed by atoms with Gasteiger partial charge in [-0.05, 0) is 32.0 Å². The average Bonchev–Trinajstić information content (AvgIpc) is 3.26. The van der Waals surface area contributed by atoms with E-state index in [1.54, 1.807) is 12.3 Å². The summed E-state index contributed by atoms with van der Waals surface area (Å²) >= 11 is 1.40. The Morgan fingerprint density at radius 3 is 2.88 bits per heavy atom. The van der Waals surface area contributed by atoms with E-state index in [9.17, 15) is 4.79 Å². The summed E-state index contributed by atoms with van der Waals surface area (Å²) < 4.78 is 1.38. The van der Waals surface area contributed by atoms with Crippen molar-refractivity contribution in [3.63, 3.8) is 0 Å². The van der Waals surface area contributed by atoms with Crippen LogP contribution in [-0.4, -0.2) is 56.7 Å². The van der Waals surface area contributed by atoms with Gasteiger partial charge >= 0.3 is 0 Å². The molecule has 1 aliphatic carbocycles. The Kier molecular flexibility index (Phi) is 3.20. The highest BCUT2D eigenvalue weighted by Crippen LogP contribution is 2.43. The molecule has 0 N–H and O–H groups in total. The highest BCUT2D eigenvalue weighted by atomic mass is 32.1. The van der Waals surface area contributed by atoms with Crippen LogP contribution in [0.1, 0.15) is 12.8 Å². The van der Waals surface area contributed by atoms with E-state index in [2.05, 4.69) is 26.9 Å². The SMILES string of the molecule is CN1CCN(c2cc(=O)n3nc(-c4ccccn4)sc3n2)CC12CC2. The fraction of sp³-hybridized carbons (Fsp3) is 0.412. The summed E-state index contributed by atoms with van der Waals surface area (Å²) in [5.74, 6) is 0.764. The molecule has 128 valence electrons. The molecule has 0 atom stereocenters. The van der Waals surface area contributed by atoms with Crippen LogP contribution in [0.4, 0.5) is 5.82 Å². The Bertz CT molecular complexity index is 993.